The second-order valence-corrected chi connectivity index (χ2v) is 4.31. The third kappa shape index (κ3) is 2.22. The lowest BCUT2D eigenvalue weighted by Gasteiger charge is -2.35. The smallest absolute Gasteiger partial charge is 0.0460 e. The Balaban J connectivity index is 1.77. The molecular formula is C10H20N2O. The largest absolute Gasteiger partial charge is 0.396 e. The van der Waals surface area contributed by atoms with Gasteiger partial charge in [0, 0.05) is 19.2 Å². The van der Waals surface area contributed by atoms with Crippen LogP contribution in [0.4, 0.5) is 0 Å². The summed E-state index contributed by atoms with van der Waals surface area (Å²) in [6.07, 6.45) is 3.68. The molecule has 2 saturated heterocycles. The molecule has 0 radical (unpaired) electrons. The van der Waals surface area contributed by atoms with Crippen LogP contribution >= 0.6 is 0 Å². The first-order valence-electron chi connectivity index (χ1n) is 5.46. The Morgan fingerprint density at radius 2 is 2.00 bits per heavy atom. The van der Waals surface area contributed by atoms with Crippen LogP contribution in [-0.2, 0) is 0 Å². The molecule has 2 rings (SSSR count). The monoisotopic (exact) mass is 184 g/mol. The number of hydrogen-bond acceptors (Lipinski definition) is 3. The Hall–Kier alpha value is -0.120. The highest BCUT2D eigenvalue weighted by Gasteiger charge is 2.26. The number of hydrogen-bond donors (Lipinski definition) is 2. The van der Waals surface area contributed by atoms with E-state index in [2.05, 4.69) is 10.2 Å². The van der Waals surface area contributed by atoms with E-state index < -0.39 is 0 Å². The standard InChI is InChI=1S/C10H20N2O/c13-8-9-2-5-12(6-3-9)10-1-4-11-7-10/h9-11,13H,1-8H2/t10-/m1/s1. The Morgan fingerprint density at radius 1 is 1.23 bits per heavy atom. The number of rotatable bonds is 2. The van der Waals surface area contributed by atoms with Gasteiger partial charge in [0.1, 0.15) is 0 Å². The maximum Gasteiger partial charge on any atom is 0.0460 e. The predicted octanol–water partition coefficient (Wildman–Crippen LogP) is 0.0526. The summed E-state index contributed by atoms with van der Waals surface area (Å²) in [5.74, 6) is 0.575. The molecule has 2 fully saturated rings. The molecule has 3 nitrogen and oxygen atoms in total. The van der Waals surface area contributed by atoms with Gasteiger partial charge in [0.25, 0.3) is 0 Å². The van der Waals surface area contributed by atoms with E-state index in [0.717, 1.165) is 6.04 Å². The van der Waals surface area contributed by atoms with Crippen molar-refractivity contribution in [2.45, 2.75) is 25.3 Å². The van der Waals surface area contributed by atoms with Gasteiger partial charge < -0.3 is 10.4 Å². The van der Waals surface area contributed by atoms with Crippen molar-refractivity contribution in [3.63, 3.8) is 0 Å². The van der Waals surface area contributed by atoms with Crippen LogP contribution in [0.1, 0.15) is 19.3 Å². The highest BCUT2D eigenvalue weighted by Crippen LogP contribution is 2.20. The van der Waals surface area contributed by atoms with Crippen molar-refractivity contribution in [2.24, 2.45) is 5.92 Å². The summed E-state index contributed by atoms with van der Waals surface area (Å²) < 4.78 is 0. The summed E-state index contributed by atoms with van der Waals surface area (Å²) in [5.41, 5.74) is 0. The molecule has 0 saturated carbocycles. The maximum atomic E-state index is 9.01. The van der Waals surface area contributed by atoms with E-state index in [0.29, 0.717) is 12.5 Å². The molecule has 2 aliphatic heterocycles. The third-order valence-electron chi connectivity index (χ3n) is 3.46. The number of piperidine rings is 1. The number of nitrogens with one attached hydrogen (secondary N) is 1. The van der Waals surface area contributed by atoms with Crippen molar-refractivity contribution in [1.82, 2.24) is 10.2 Å². The van der Waals surface area contributed by atoms with E-state index in [1.54, 1.807) is 0 Å². The van der Waals surface area contributed by atoms with Crippen molar-refractivity contribution < 1.29 is 5.11 Å². The average molecular weight is 184 g/mol. The Bertz CT molecular complexity index is 149. The van der Waals surface area contributed by atoms with E-state index >= 15 is 0 Å². The fraction of sp³-hybridized carbons (Fsp3) is 1.00. The van der Waals surface area contributed by atoms with E-state index in [9.17, 15) is 0 Å². The normalized spacial score (nSPS) is 32.5. The number of likely N-dealkylation sites (tertiary alicyclic amines) is 1. The van der Waals surface area contributed by atoms with Crippen LogP contribution in [0.2, 0.25) is 0 Å². The molecule has 2 aliphatic rings. The highest BCUT2D eigenvalue weighted by molar-refractivity contribution is 4.83. The lowest BCUT2D eigenvalue weighted by molar-refractivity contribution is 0.106. The molecule has 13 heavy (non-hydrogen) atoms. The highest BCUT2D eigenvalue weighted by atomic mass is 16.3. The molecule has 2 heterocycles. The van der Waals surface area contributed by atoms with E-state index in [1.807, 2.05) is 0 Å². The Morgan fingerprint density at radius 3 is 2.54 bits per heavy atom. The molecule has 0 amide bonds. The van der Waals surface area contributed by atoms with Gasteiger partial charge in [0.05, 0.1) is 0 Å². The van der Waals surface area contributed by atoms with Crippen molar-refractivity contribution in [1.29, 1.82) is 0 Å². The minimum atomic E-state index is 0.386. The van der Waals surface area contributed by atoms with Gasteiger partial charge in [-0.05, 0) is 44.8 Å². The molecule has 0 aliphatic carbocycles. The average Bonchev–Trinajstić information content (AvgIpc) is 2.71. The van der Waals surface area contributed by atoms with Gasteiger partial charge >= 0.3 is 0 Å². The lowest BCUT2D eigenvalue weighted by atomic mass is 9.96. The third-order valence-corrected chi connectivity index (χ3v) is 3.46. The summed E-state index contributed by atoms with van der Waals surface area (Å²) in [4.78, 5) is 2.59. The van der Waals surface area contributed by atoms with Crippen LogP contribution in [0.25, 0.3) is 0 Å². The Kier molecular flexibility index (Phi) is 3.19. The minimum absolute atomic E-state index is 0.386. The molecule has 0 aromatic carbocycles. The molecule has 0 aromatic rings. The van der Waals surface area contributed by atoms with Crippen molar-refractivity contribution in [3.8, 4) is 0 Å². The van der Waals surface area contributed by atoms with Gasteiger partial charge in [-0.3, -0.25) is 4.90 Å². The molecular weight excluding hydrogens is 164 g/mol. The topological polar surface area (TPSA) is 35.5 Å². The van der Waals surface area contributed by atoms with Crippen LogP contribution in [0.3, 0.4) is 0 Å². The first-order chi connectivity index (χ1) is 6.40. The fourth-order valence-electron chi connectivity index (χ4n) is 2.45. The zero-order valence-corrected chi connectivity index (χ0v) is 8.21. The van der Waals surface area contributed by atoms with Crippen molar-refractivity contribution in [2.75, 3.05) is 32.8 Å². The first kappa shape index (κ1) is 9.44. The molecule has 0 unspecified atom stereocenters. The summed E-state index contributed by atoms with van der Waals surface area (Å²) in [6.45, 7) is 5.13. The van der Waals surface area contributed by atoms with Gasteiger partial charge in [-0.2, -0.15) is 0 Å². The van der Waals surface area contributed by atoms with E-state index in [4.69, 9.17) is 5.11 Å². The van der Waals surface area contributed by atoms with E-state index in [-0.39, 0.29) is 0 Å². The molecule has 0 bridgehead atoms. The predicted molar refractivity (Wildman–Crippen MR) is 52.7 cm³/mol. The summed E-state index contributed by atoms with van der Waals surface area (Å²) >= 11 is 0. The number of aliphatic hydroxyl groups is 1. The summed E-state index contributed by atoms with van der Waals surface area (Å²) in [5, 5.41) is 12.4. The maximum absolute atomic E-state index is 9.01. The second kappa shape index (κ2) is 4.40. The van der Waals surface area contributed by atoms with E-state index in [1.165, 1.54) is 45.4 Å². The summed E-state index contributed by atoms with van der Waals surface area (Å²) in [7, 11) is 0. The minimum Gasteiger partial charge on any atom is -0.396 e. The van der Waals surface area contributed by atoms with Crippen molar-refractivity contribution in [3.05, 3.63) is 0 Å². The van der Waals surface area contributed by atoms with Crippen LogP contribution in [0.5, 0.6) is 0 Å². The lowest BCUT2D eigenvalue weighted by Crippen LogP contribution is -2.42. The number of nitrogens with zero attached hydrogens (tertiary/aromatic N) is 1. The zero-order chi connectivity index (χ0) is 9.10. The fourth-order valence-corrected chi connectivity index (χ4v) is 2.45. The van der Waals surface area contributed by atoms with Crippen molar-refractivity contribution >= 4 is 0 Å². The zero-order valence-electron chi connectivity index (χ0n) is 8.21. The molecule has 0 spiro atoms. The van der Waals surface area contributed by atoms with Gasteiger partial charge in [-0.1, -0.05) is 0 Å². The molecule has 1 atom stereocenters. The van der Waals surface area contributed by atoms with Gasteiger partial charge in [0.15, 0.2) is 0 Å². The molecule has 76 valence electrons. The molecule has 3 heteroatoms. The van der Waals surface area contributed by atoms with Gasteiger partial charge in [-0.25, -0.2) is 0 Å². The van der Waals surface area contributed by atoms with Gasteiger partial charge in [0.2, 0.25) is 0 Å². The number of aliphatic hydroxyl groups excluding tert-OH is 1. The van der Waals surface area contributed by atoms with Gasteiger partial charge in [-0.15, -0.1) is 0 Å². The van der Waals surface area contributed by atoms with Crippen LogP contribution in [0, 0.1) is 5.92 Å². The van der Waals surface area contributed by atoms with Crippen LogP contribution in [-0.4, -0.2) is 48.8 Å². The second-order valence-electron chi connectivity index (χ2n) is 4.31. The molecule has 2 N–H and O–H groups in total. The SMILES string of the molecule is OCC1CCN([C@@H]2CCNC2)CC1. The quantitative estimate of drug-likeness (QED) is 0.636. The van der Waals surface area contributed by atoms with Crippen LogP contribution in [0.15, 0.2) is 0 Å². The van der Waals surface area contributed by atoms with Crippen LogP contribution < -0.4 is 5.32 Å². The molecule has 0 aromatic heterocycles. The Labute approximate surface area is 80.1 Å². The first-order valence-corrected chi connectivity index (χ1v) is 5.46. The summed E-state index contributed by atoms with van der Waals surface area (Å²) in [6, 6.07) is 0.777.